The summed E-state index contributed by atoms with van der Waals surface area (Å²) in [4.78, 5) is 57.3. The molecule has 0 spiro atoms. The number of hydrogen-bond donors (Lipinski definition) is 3. The molecule has 44 heavy (non-hydrogen) atoms. The van der Waals surface area contributed by atoms with Crippen LogP contribution in [0.1, 0.15) is 58.3 Å². The first kappa shape index (κ1) is 31.8. The summed E-state index contributed by atoms with van der Waals surface area (Å²) in [6, 6.07) is 7.25. The van der Waals surface area contributed by atoms with Gasteiger partial charge >= 0.3 is 6.09 Å². The van der Waals surface area contributed by atoms with E-state index in [4.69, 9.17) is 4.74 Å². The van der Waals surface area contributed by atoms with E-state index in [-0.39, 0.29) is 31.1 Å². The van der Waals surface area contributed by atoms with Crippen LogP contribution in [0.3, 0.4) is 0 Å². The van der Waals surface area contributed by atoms with E-state index in [2.05, 4.69) is 15.4 Å². The van der Waals surface area contributed by atoms with Crippen LogP contribution in [-0.4, -0.2) is 81.2 Å². The maximum Gasteiger partial charge on any atom is 0.411 e. The minimum Gasteiger partial charge on any atom is -0.446 e. The number of amides is 4. The molecule has 12 nitrogen and oxygen atoms in total. The van der Waals surface area contributed by atoms with Crippen LogP contribution in [0.5, 0.6) is 0 Å². The molecule has 0 radical (unpaired) electrons. The first-order chi connectivity index (χ1) is 20.7. The van der Waals surface area contributed by atoms with E-state index in [0.29, 0.717) is 25.1 Å². The van der Waals surface area contributed by atoms with E-state index in [1.54, 1.807) is 31.0 Å². The van der Waals surface area contributed by atoms with Gasteiger partial charge in [0.15, 0.2) is 0 Å². The zero-order valence-corrected chi connectivity index (χ0v) is 26.6. The molecule has 3 saturated carbocycles. The van der Waals surface area contributed by atoms with E-state index in [9.17, 15) is 27.6 Å². The van der Waals surface area contributed by atoms with Crippen molar-refractivity contribution in [2.75, 3.05) is 37.9 Å². The molecular formula is C31H43N5O7S. The molecule has 5 rings (SSSR count). The van der Waals surface area contributed by atoms with Gasteiger partial charge in [0.1, 0.15) is 11.6 Å². The predicted molar refractivity (Wildman–Crippen MR) is 165 cm³/mol. The highest BCUT2D eigenvalue weighted by atomic mass is 32.2. The Morgan fingerprint density at radius 2 is 1.84 bits per heavy atom. The van der Waals surface area contributed by atoms with Gasteiger partial charge in [-0.15, -0.1) is 0 Å². The summed E-state index contributed by atoms with van der Waals surface area (Å²) in [5.74, 6) is -3.51. The van der Waals surface area contributed by atoms with Crippen LogP contribution < -0.4 is 20.3 Å². The molecule has 4 aliphatic rings. The summed E-state index contributed by atoms with van der Waals surface area (Å²) in [5, 5.41) is 5.58. The molecule has 0 bridgehead atoms. The Bertz CT molecular complexity index is 1460. The summed E-state index contributed by atoms with van der Waals surface area (Å²) < 4.78 is 32.7. The molecule has 1 aromatic carbocycles. The molecule has 3 aliphatic carbocycles. The smallest absolute Gasteiger partial charge is 0.411 e. The van der Waals surface area contributed by atoms with E-state index in [1.165, 1.54) is 0 Å². The van der Waals surface area contributed by atoms with Gasteiger partial charge in [-0.3, -0.25) is 24.4 Å². The molecule has 4 amide bonds. The van der Waals surface area contributed by atoms with Gasteiger partial charge in [0.25, 0.3) is 5.91 Å². The van der Waals surface area contributed by atoms with Crippen LogP contribution in [0.2, 0.25) is 0 Å². The Kier molecular flexibility index (Phi) is 8.71. The van der Waals surface area contributed by atoms with Gasteiger partial charge < -0.3 is 19.9 Å². The van der Waals surface area contributed by atoms with Crippen molar-refractivity contribution < 1.29 is 32.3 Å². The lowest BCUT2D eigenvalue weighted by atomic mass is 9.93. The standard InChI is InChI=1S/C31H43N5O7S/c1-30(13-14-30)44(41,42)34-28(39)31-19-20(31)10-7-5-6-8-15-36(4)27(38)25-18-23(17-24(25)26(37)33-31)43-29(40)32-21-11-9-12-22(16-21)35(2)3/h7,9-12,16,20,23-25H,5-6,8,13-15,17-19H2,1-4H3,(H,32,40)(H,33,37)(H,34,39)/b10-7+. The Morgan fingerprint density at radius 3 is 2.55 bits per heavy atom. The van der Waals surface area contributed by atoms with Crippen LogP contribution in [0.25, 0.3) is 0 Å². The largest absolute Gasteiger partial charge is 0.446 e. The predicted octanol–water partition coefficient (Wildman–Crippen LogP) is 2.77. The summed E-state index contributed by atoms with van der Waals surface area (Å²) in [6.45, 7) is 2.12. The number of hydrogen-bond acceptors (Lipinski definition) is 8. The van der Waals surface area contributed by atoms with Crippen LogP contribution in [0, 0.1) is 17.8 Å². The molecule has 5 atom stereocenters. The van der Waals surface area contributed by atoms with Crippen LogP contribution in [0.4, 0.5) is 16.2 Å². The zero-order valence-electron chi connectivity index (χ0n) is 25.8. The molecule has 13 heteroatoms. The van der Waals surface area contributed by atoms with Crippen LogP contribution >= 0.6 is 0 Å². The van der Waals surface area contributed by atoms with E-state index < -0.39 is 56.2 Å². The lowest BCUT2D eigenvalue weighted by molar-refractivity contribution is -0.140. The third-order valence-corrected chi connectivity index (χ3v) is 11.7. The topological polar surface area (TPSA) is 154 Å². The highest BCUT2D eigenvalue weighted by molar-refractivity contribution is 7.91. The van der Waals surface area contributed by atoms with Crippen molar-refractivity contribution in [1.29, 1.82) is 0 Å². The highest BCUT2D eigenvalue weighted by Gasteiger charge is 2.63. The molecule has 1 aromatic rings. The minimum absolute atomic E-state index is 0.0931. The molecule has 240 valence electrons. The van der Waals surface area contributed by atoms with Crippen LogP contribution in [0.15, 0.2) is 36.4 Å². The van der Waals surface area contributed by atoms with Crippen molar-refractivity contribution in [3.8, 4) is 0 Å². The SMILES string of the molecule is CN1CCCC/C=C/C2CC2(C(=O)NS(=O)(=O)C2(C)CC2)NC(=O)C2CC(OC(=O)Nc3cccc(N(C)C)c3)CC2C1=O. The van der Waals surface area contributed by atoms with Crippen molar-refractivity contribution in [3.05, 3.63) is 36.4 Å². The van der Waals surface area contributed by atoms with Gasteiger partial charge in [-0.1, -0.05) is 18.2 Å². The quantitative estimate of drug-likeness (QED) is 0.406. The van der Waals surface area contributed by atoms with Gasteiger partial charge in [0, 0.05) is 45.0 Å². The van der Waals surface area contributed by atoms with Crippen molar-refractivity contribution in [3.63, 3.8) is 0 Å². The number of nitrogens with one attached hydrogen (secondary N) is 3. The number of sulfonamides is 1. The molecule has 1 aliphatic heterocycles. The molecule has 0 aromatic heterocycles. The number of ether oxygens (including phenoxy) is 1. The summed E-state index contributed by atoms with van der Waals surface area (Å²) >= 11 is 0. The lowest BCUT2D eigenvalue weighted by Gasteiger charge is -2.27. The third-order valence-electron chi connectivity index (χ3n) is 9.51. The van der Waals surface area contributed by atoms with Gasteiger partial charge in [0.2, 0.25) is 21.8 Å². The average molecular weight is 630 g/mol. The number of nitrogens with zero attached hydrogens (tertiary/aromatic N) is 2. The van der Waals surface area contributed by atoms with Crippen molar-refractivity contribution in [1.82, 2.24) is 14.9 Å². The first-order valence-corrected chi connectivity index (χ1v) is 16.8. The number of rotatable bonds is 6. The second-order valence-corrected chi connectivity index (χ2v) is 15.3. The summed E-state index contributed by atoms with van der Waals surface area (Å²) in [7, 11) is 1.56. The molecule has 3 N–H and O–H groups in total. The normalized spacial score (nSPS) is 30.5. The Labute approximate surface area is 259 Å². The van der Waals surface area contributed by atoms with E-state index >= 15 is 0 Å². The minimum atomic E-state index is -3.92. The fourth-order valence-corrected chi connectivity index (χ4v) is 7.46. The average Bonchev–Trinajstić information content (AvgIpc) is 3.84. The molecule has 5 unspecified atom stereocenters. The summed E-state index contributed by atoms with van der Waals surface area (Å²) in [5.41, 5.74) is 0.00831. The van der Waals surface area contributed by atoms with Crippen molar-refractivity contribution in [2.24, 2.45) is 17.8 Å². The number of allylic oxidation sites excluding steroid dienone is 1. The summed E-state index contributed by atoms with van der Waals surface area (Å²) in [6.07, 6.45) is 6.17. The van der Waals surface area contributed by atoms with Gasteiger partial charge in [0.05, 0.1) is 16.6 Å². The number of carbonyl (C=O) groups excluding carboxylic acids is 4. The number of anilines is 2. The zero-order chi connectivity index (χ0) is 31.9. The highest BCUT2D eigenvalue weighted by Crippen LogP contribution is 2.48. The first-order valence-electron chi connectivity index (χ1n) is 15.3. The van der Waals surface area contributed by atoms with Crippen LogP contribution in [-0.2, 0) is 29.1 Å². The lowest BCUT2D eigenvalue weighted by Crippen LogP contribution is -2.55. The van der Waals surface area contributed by atoms with Gasteiger partial charge in [-0.2, -0.15) is 0 Å². The number of benzene rings is 1. The van der Waals surface area contributed by atoms with Crippen molar-refractivity contribution >= 4 is 45.2 Å². The van der Waals surface area contributed by atoms with E-state index in [0.717, 1.165) is 24.9 Å². The fourth-order valence-electron chi connectivity index (χ4n) is 6.15. The molecule has 1 heterocycles. The second-order valence-electron chi connectivity index (χ2n) is 13.1. The monoisotopic (exact) mass is 629 g/mol. The maximum absolute atomic E-state index is 13.9. The molecular weight excluding hydrogens is 586 g/mol. The van der Waals surface area contributed by atoms with E-state index in [1.807, 2.05) is 43.3 Å². The fraction of sp³-hybridized carbons (Fsp3) is 0.613. The molecule has 0 saturated heterocycles. The third kappa shape index (κ3) is 6.57. The Morgan fingerprint density at radius 1 is 1.11 bits per heavy atom. The van der Waals surface area contributed by atoms with Gasteiger partial charge in [-0.25, -0.2) is 13.2 Å². The van der Waals surface area contributed by atoms with Gasteiger partial charge in [-0.05, 0) is 76.5 Å². The second kappa shape index (κ2) is 12.1. The maximum atomic E-state index is 13.9. The number of carbonyl (C=O) groups is 4. The Hall–Kier alpha value is -3.61. The Balaban J connectivity index is 1.34. The molecule has 3 fully saturated rings. The number of fused-ring (bicyclic) bond motifs is 2. The van der Waals surface area contributed by atoms with Crippen molar-refractivity contribution in [2.45, 2.75) is 74.7 Å².